The van der Waals surface area contributed by atoms with Gasteiger partial charge in [0.05, 0.1) is 6.61 Å². The Labute approximate surface area is 139 Å². The van der Waals surface area contributed by atoms with Crippen molar-refractivity contribution in [2.24, 2.45) is 16.9 Å². The Morgan fingerprint density at radius 2 is 2.04 bits per heavy atom. The van der Waals surface area contributed by atoms with E-state index < -0.39 is 0 Å². The van der Waals surface area contributed by atoms with Crippen LogP contribution in [0.3, 0.4) is 0 Å². The van der Waals surface area contributed by atoms with E-state index in [9.17, 15) is 4.79 Å². The van der Waals surface area contributed by atoms with Crippen LogP contribution >= 0.6 is 0 Å². The van der Waals surface area contributed by atoms with Crippen LogP contribution in [0, 0.1) is 11.8 Å². The van der Waals surface area contributed by atoms with Gasteiger partial charge in [0.15, 0.2) is 0 Å². The maximum atomic E-state index is 12.1. The molecule has 1 atom stereocenters. The number of hydrogen-bond acceptors (Lipinski definition) is 3. The zero-order valence-corrected chi connectivity index (χ0v) is 14.5. The maximum Gasteiger partial charge on any atom is 0.271 e. The van der Waals surface area contributed by atoms with Gasteiger partial charge in [0, 0.05) is 11.3 Å². The number of carbonyl (C=O) groups is 1. The molecule has 0 radical (unpaired) electrons. The van der Waals surface area contributed by atoms with Gasteiger partial charge >= 0.3 is 0 Å². The van der Waals surface area contributed by atoms with Gasteiger partial charge in [-0.25, -0.2) is 5.43 Å². The molecular formula is C19H28N2O2. The van der Waals surface area contributed by atoms with E-state index in [1.54, 1.807) is 12.1 Å². The maximum absolute atomic E-state index is 12.1. The molecule has 1 amide bonds. The molecule has 1 aromatic carbocycles. The third-order valence-corrected chi connectivity index (χ3v) is 4.27. The highest BCUT2D eigenvalue weighted by atomic mass is 16.5. The lowest BCUT2D eigenvalue weighted by molar-refractivity contribution is 0.0954. The normalized spacial score (nSPS) is 19.8. The zero-order chi connectivity index (χ0) is 16.7. The predicted octanol–water partition coefficient (Wildman–Crippen LogP) is 4.41. The first-order chi connectivity index (χ1) is 11.1. The number of nitrogens with zero attached hydrogens (tertiary/aromatic N) is 1. The van der Waals surface area contributed by atoms with E-state index in [0.717, 1.165) is 30.7 Å². The van der Waals surface area contributed by atoms with Gasteiger partial charge in [-0.15, -0.1) is 0 Å². The first kappa shape index (κ1) is 17.5. The van der Waals surface area contributed by atoms with E-state index in [4.69, 9.17) is 4.74 Å². The van der Waals surface area contributed by atoms with Gasteiger partial charge < -0.3 is 4.74 Å². The Bertz CT molecular complexity index is 535. The Balaban J connectivity index is 1.86. The molecule has 1 aromatic rings. The van der Waals surface area contributed by atoms with Crippen LogP contribution in [0.2, 0.25) is 0 Å². The van der Waals surface area contributed by atoms with Crippen molar-refractivity contribution >= 4 is 11.6 Å². The number of hydrogen-bond donors (Lipinski definition) is 1. The second-order valence-corrected chi connectivity index (χ2v) is 6.75. The van der Waals surface area contributed by atoms with E-state index in [-0.39, 0.29) is 5.91 Å². The van der Waals surface area contributed by atoms with Gasteiger partial charge in [0.1, 0.15) is 5.75 Å². The van der Waals surface area contributed by atoms with Crippen molar-refractivity contribution in [2.45, 2.75) is 52.9 Å². The number of hydrazone groups is 1. The first-order valence-electron chi connectivity index (χ1n) is 8.66. The number of nitrogens with one attached hydrogen (secondary N) is 1. The van der Waals surface area contributed by atoms with Crippen molar-refractivity contribution in [1.82, 2.24) is 5.43 Å². The molecule has 2 rings (SSSR count). The van der Waals surface area contributed by atoms with Crippen LogP contribution in [-0.2, 0) is 0 Å². The zero-order valence-electron chi connectivity index (χ0n) is 14.5. The monoisotopic (exact) mass is 316 g/mol. The molecule has 4 heteroatoms. The standard InChI is InChI=1S/C19H28N2O2/c1-14(2)12-13-23-17-10-8-16(9-11-17)19(22)21-20-18-7-5-4-6-15(18)3/h8-11,14-15H,4-7,12-13H2,1-3H3,(H,21,22)/b20-18-/t15-/m1/s1. The highest BCUT2D eigenvalue weighted by Crippen LogP contribution is 2.20. The minimum Gasteiger partial charge on any atom is -0.494 e. The van der Waals surface area contributed by atoms with Crippen LogP contribution in [0.15, 0.2) is 29.4 Å². The molecule has 1 fully saturated rings. The molecule has 23 heavy (non-hydrogen) atoms. The number of amides is 1. The van der Waals surface area contributed by atoms with Gasteiger partial charge in [-0.05, 0) is 61.8 Å². The second-order valence-electron chi connectivity index (χ2n) is 6.75. The summed E-state index contributed by atoms with van der Waals surface area (Å²) in [6.45, 7) is 7.22. The molecule has 0 aliphatic heterocycles. The lowest BCUT2D eigenvalue weighted by Crippen LogP contribution is -2.24. The quantitative estimate of drug-likeness (QED) is 0.790. The Hall–Kier alpha value is -1.84. The number of ether oxygens (including phenoxy) is 1. The van der Waals surface area contributed by atoms with E-state index in [1.807, 2.05) is 12.1 Å². The number of carbonyl (C=O) groups excluding carboxylic acids is 1. The van der Waals surface area contributed by atoms with Crippen molar-refractivity contribution in [3.63, 3.8) is 0 Å². The minimum atomic E-state index is -0.163. The van der Waals surface area contributed by atoms with Gasteiger partial charge in [-0.3, -0.25) is 4.79 Å². The number of rotatable bonds is 6. The molecule has 0 heterocycles. The fourth-order valence-electron chi connectivity index (χ4n) is 2.64. The summed E-state index contributed by atoms with van der Waals surface area (Å²) in [6, 6.07) is 7.24. The molecule has 1 aliphatic carbocycles. The number of benzene rings is 1. The Kier molecular flexibility index (Phi) is 6.63. The van der Waals surface area contributed by atoms with Crippen LogP contribution in [0.25, 0.3) is 0 Å². The molecule has 0 saturated heterocycles. The average molecular weight is 316 g/mol. The molecule has 126 valence electrons. The summed E-state index contributed by atoms with van der Waals surface area (Å²) in [5.41, 5.74) is 4.40. The second kappa shape index (κ2) is 8.70. The Morgan fingerprint density at radius 3 is 2.70 bits per heavy atom. The van der Waals surface area contributed by atoms with Gasteiger partial charge in [-0.1, -0.05) is 27.2 Å². The van der Waals surface area contributed by atoms with Crippen LogP contribution < -0.4 is 10.2 Å². The van der Waals surface area contributed by atoms with Crippen molar-refractivity contribution in [2.75, 3.05) is 6.61 Å². The summed E-state index contributed by atoms with van der Waals surface area (Å²) in [5.74, 6) is 1.74. The van der Waals surface area contributed by atoms with Crippen LogP contribution in [0.5, 0.6) is 5.75 Å². The van der Waals surface area contributed by atoms with Crippen LogP contribution in [-0.4, -0.2) is 18.2 Å². The third kappa shape index (κ3) is 5.70. The highest BCUT2D eigenvalue weighted by molar-refractivity contribution is 5.96. The summed E-state index contributed by atoms with van der Waals surface area (Å²) in [7, 11) is 0. The lowest BCUT2D eigenvalue weighted by atomic mass is 9.89. The van der Waals surface area contributed by atoms with E-state index in [1.165, 1.54) is 12.8 Å². The van der Waals surface area contributed by atoms with Crippen molar-refractivity contribution in [3.8, 4) is 5.75 Å². The van der Waals surface area contributed by atoms with Crippen molar-refractivity contribution in [1.29, 1.82) is 0 Å². The van der Waals surface area contributed by atoms with Crippen LogP contribution in [0.4, 0.5) is 0 Å². The molecular weight excluding hydrogens is 288 g/mol. The average Bonchev–Trinajstić information content (AvgIpc) is 2.54. The predicted molar refractivity (Wildman–Crippen MR) is 93.9 cm³/mol. The van der Waals surface area contributed by atoms with Crippen molar-refractivity contribution in [3.05, 3.63) is 29.8 Å². The lowest BCUT2D eigenvalue weighted by Gasteiger charge is -2.19. The molecule has 0 aromatic heterocycles. The highest BCUT2D eigenvalue weighted by Gasteiger charge is 2.16. The van der Waals surface area contributed by atoms with Gasteiger partial charge in [-0.2, -0.15) is 5.10 Å². The molecule has 4 nitrogen and oxygen atoms in total. The molecule has 0 bridgehead atoms. The fraction of sp³-hybridized carbons (Fsp3) is 0.579. The molecule has 0 unspecified atom stereocenters. The minimum absolute atomic E-state index is 0.163. The van der Waals surface area contributed by atoms with Crippen LogP contribution in [0.1, 0.15) is 63.2 Å². The van der Waals surface area contributed by atoms with Gasteiger partial charge in [0.2, 0.25) is 0 Å². The smallest absolute Gasteiger partial charge is 0.271 e. The van der Waals surface area contributed by atoms with E-state index in [0.29, 0.717) is 24.0 Å². The molecule has 1 N–H and O–H groups in total. The van der Waals surface area contributed by atoms with Gasteiger partial charge in [0.25, 0.3) is 5.91 Å². The molecule has 1 aliphatic rings. The summed E-state index contributed by atoms with van der Waals surface area (Å²) in [6.07, 6.45) is 5.60. The fourth-order valence-corrected chi connectivity index (χ4v) is 2.64. The largest absolute Gasteiger partial charge is 0.494 e. The molecule has 1 saturated carbocycles. The summed E-state index contributed by atoms with van der Waals surface area (Å²) in [4.78, 5) is 12.1. The summed E-state index contributed by atoms with van der Waals surface area (Å²) >= 11 is 0. The van der Waals surface area contributed by atoms with E-state index >= 15 is 0 Å². The first-order valence-corrected chi connectivity index (χ1v) is 8.66. The summed E-state index contributed by atoms with van der Waals surface area (Å²) < 4.78 is 5.66. The van der Waals surface area contributed by atoms with E-state index in [2.05, 4.69) is 31.3 Å². The molecule has 0 spiro atoms. The van der Waals surface area contributed by atoms with Crippen molar-refractivity contribution < 1.29 is 9.53 Å². The third-order valence-electron chi connectivity index (χ3n) is 4.27. The summed E-state index contributed by atoms with van der Waals surface area (Å²) in [5, 5.41) is 4.32. The topological polar surface area (TPSA) is 50.7 Å². The SMILES string of the molecule is CC(C)CCOc1ccc(C(=O)N/N=C2/CCCC[C@H]2C)cc1. The Morgan fingerprint density at radius 1 is 1.30 bits per heavy atom.